The second-order valence-corrected chi connectivity index (χ2v) is 8.58. The highest BCUT2D eigenvalue weighted by Crippen LogP contribution is 2.25. The lowest BCUT2D eigenvalue weighted by molar-refractivity contribution is 0.311. The van der Waals surface area contributed by atoms with E-state index in [4.69, 9.17) is 0 Å². The number of benzene rings is 2. The minimum atomic E-state index is -3.58. The van der Waals surface area contributed by atoms with Crippen LogP contribution in [0.4, 0.5) is 0 Å². The van der Waals surface area contributed by atoms with Crippen molar-refractivity contribution in [1.29, 1.82) is 0 Å². The van der Waals surface area contributed by atoms with Crippen molar-refractivity contribution in [2.45, 2.75) is 24.4 Å². The number of H-pyrrole nitrogens is 1. The fraction of sp³-hybridized carbons (Fsp3) is 0.250. The Hall–Kier alpha value is -2.48. The van der Waals surface area contributed by atoms with Crippen molar-refractivity contribution in [3.8, 4) is 11.4 Å². The molecular formula is C20H22N4O2S. The molecule has 0 saturated heterocycles. The van der Waals surface area contributed by atoms with Crippen molar-refractivity contribution in [1.82, 2.24) is 19.6 Å². The molecule has 7 heteroatoms. The summed E-state index contributed by atoms with van der Waals surface area (Å²) in [5.74, 6) is 0.765. The number of sulfonamides is 1. The number of hydrogen-bond acceptors (Lipinski definition) is 4. The van der Waals surface area contributed by atoms with Gasteiger partial charge in [-0.25, -0.2) is 18.1 Å². The Balaban J connectivity index is 1.55. The number of aromatic nitrogens is 2. The van der Waals surface area contributed by atoms with Crippen molar-refractivity contribution in [3.05, 3.63) is 71.5 Å². The number of nitrogens with one attached hydrogen (secondary N) is 2. The highest BCUT2D eigenvalue weighted by Gasteiger charge is 2.23. The van der Waals surface area contributed by atoms with Crippen LogP contribution in [-0.2, 0) is 29.5 Å². The van der Waals surface area contributed by atoms with Crippen molar-refractivity contribution in [2.24, 2.45) is 0 Å². The van der Waals surface area contributed by atoms with Gasteiger partial charge in [-0.2, -0.15) is 0 Å². The number of aromatic amines is 1. The molecule has 2 heterocycles. The SMILES string of the molecule is CN1CCc2c(cccc2S(=O)(=O)NCc2cccc(-c3ncc[nH]3)c2)C1. The highest BCUT2D eigenvalue weighted by molar-refractivity contribution is 7.89. The van der Waals surface area contributed by atoms with Crippen LogP contribution in [0.5, 0.6) is 0 Å². The van der Waals surface area contributed by atoms with E-state index >= 15 is 0 Å². The van der Waals surface area contributed by atoms with E-state index in [1.165, 1.54) is 0 Å². The number of fused-ring (bicyclic) bond motifs is 1. The largest absolute Gasteiger partial charge is 0.345 e. The summed E-state index contributed by atoms with van der Waals surface area (Å²) in [5.41, 5.74) is 3.84. The molecule has 0 amide bonds. The predicted molar refractivity (Wildman–Crippen MR) is 105 cm³/mol. The molecule has 1 aliphatic heterocycles. The van der Waals surface area contributed by atoms with Gasteiger partial charge < -0.3 is 9.88 Å². The molecule has 1 aliphatic rings. The van der Waals surface area contributed by atoms with Crippen LogP contribution in [0, 0.1) is 0 Å². The van der Waals surface area contributed by atoms with Crippen LogP contribution in [0.3, 0.4) is 0 Å². The molecule has 0 spiro atoms. The van der Waals surface area contributed by atoms with Gasteiger partial charge in [0, 0.05) is 37.6 Å². The monoisotopic (exact) mass is 382 g/mol. The first-order valence-corrected chi connectivity index (χ1v) is 10.4. The van der Waals surface area contributed by atoms with E-state index in [0.29, 0.717) is 4.90 Å². The van der Waals surface area contributed by atoms with E-state index in [9.17, 15) is 8.42 Å². The second kappa shape index (κ2) is 7.26. The van der Waals surface area contributed by atoms with Crippen molar-refractivity contribution in [2.75, 3.05) is 13.6 Å². The smallest absolute Gasteiger partial charge is 0.241 e. The Morgan fingerprint density at radius 2 is 2.07 bits per heavy atom. The zero-order valence-corrected chi connectivity index (χ0v) is 16.0. The van der Waals surface area contributed by atoms with E-state index in [0.717, 1.165) is 47.6 Å². The normalized spacial score (nSPS) is 14.9. The summed E-state index contributed by atoms with van der Waals surface area (Å²) in [7, 11) is -1.53. The lowest BCUT2D eigenvalue weighted by Crippen LogP contribution is -2.30. The maximum absolute atomic E-state index is 12.9. The van der Waals surface area contributed by atoms with Crippen molar-refractivity contribution < 1.29 is 8.42 Å². The van der Waals surface area contributed by atoms with Crippen LogP contribution >= 0.6 is 0 Å². The Kier molecular flexibility index (Phi) is 4.82. The summed E-state index contributed by atoms with van der Waals surface area (Å²) >= 11 is 0. The van der Waals surface area contributed by atoms with Gasteiger partial charge in [-0.05, 0) is 42.3 Å². The van der Waals surface area contributed by atoms with E-state index in [1.54, 1.807) is 18.5 Å². The molecule has 6 nitrogen and oxygen atoms in total. The Morgan fingerprint density at radius 3 is 2.89 bits per heavy atom. The summed E-state index contributed by atoms with van der Waals surface area (Å²) in [4.78, 5) is 9.90. The summed E-state index contributed by atoms with van der Waals surface area (Å²) < 4.78 is 28.6. The molecule has 3 aromatic rings. The number of rotatable bonds is 5. The lowest BCUT2D eigenvalue weighted by Gasteiger charge is -2.26. The maximum atomic E-state index is 12.9. The third-order valence-corrected chi connectivity index (χ3v) is 6.35. The van der Waals surface area contributed by atoms with Crippen LogP contribution in [-0.4, -0.2) is 36.9 Å². The van der Waals surface area contributed by atoms with E-state index in [2.05, 4.69) is 19.6 Å². The summed E-state index contributed by atoms with van der Waals surface area (Å²) in [6, 6.07) is 13.2. The van der Waals surface area contributed by atoms with Crippen LogP contribution in [0.2, 0.25) is 0 Å². The minimum Gasteiger partial charge on any atom is -0.345 e. The molecule has 140 valence electrons. The molecule has 27 heavy (non-hydrogen) atoms. The standard InChI is InChI=1S/C20H22N4O2S/c1-24-11-8-18-17(14-24)6-3-7-19(18)27(25,26)23-13-15-4-2-5-16(12-15)20-21-9-10-22-20/h2-7,9-10,12,23H,8,11,13-14H2,1H3,(H,21,22). The molecule has 2 N–H and O–H groups in total. The molecule has 4 rings (SSSR count). The zero-order chi connectivity index (χ0) is 18.9. The number of nitrogens with zero attached hydrogens (tertiary/aromatic N) is 2. The molecule has 0 aliphatic carbocycles. The number of imidazole rings is 1. The van der Waals surface area contributed by atoms with Crippen molar-refractivity contribution in [3.63, 3.8) is 0 Å². The first-order valence-electron chi connectivity index (χ1n) is 8.90. The van der Waals surface area contributed by atoms with Gasteiger partial charge in [-0.15, -0.1) is 0 Å². The van der Waals surface area contributed by atoms with Crippen LogP contribution in [0.15, 0.2) is 59.8 Å². The third kappa shape index (κ3) is 3.80. The van der Waals surface area contributed by atoms with Gasteiger partial charge in [-0.1, -0.05) is 30.3 Å². The Morgan fingerprint density at radius 1 is 1.22 bits per heavy atom. The second-order valence-electron chi connectivity index (χ2n) is 6.84. The molecule has 1 aromatic heterocycles. The molecule has 0 radical (unpaired) electrons. The van der Waals surface area contributed by atoms with Gasteiger partial charge in [0.25, 0.3) is 0 Å². The molecule has 0 bridgehead atoms. The van der Waals surface area contributed by atoms with Gasteiger partial charge in [0.1, 0.15) is 5.82 Å². The first kappa shape index (κ1) is 17.9. The van der Waals surface area contributed by atoms with Crippen LogP contribution in [0.1, 0.15) is 16.7 Å². The summed E-state index contributed by atoms with van der Waals surface area (Å²) in [6.45, 7) is 1.88. The number of hydrogen-bond donors (Lipinski definition) is 2. The van der Waals surface area contributed by atoms with Gasteiger partial charge >= 0.3 is 0 Å². The predicted octanol–water partition coefficient (Wildman–Crippen LogP) is 2.54. The average molecular weight is 382 g/mol. The average Bonchev–Trinajstić information content (AvgIpc) is 3.21. The zero-order valence-electron chi connectivity index (χ0n) is 15.1. The van der Waals surface area contributed by atoms with Gasteiger partial charge in [0.15, 0.2) is 0 Å². The molecule has 0 fully saturated rings. The Labute approximate surface area is 159 Å². The summed E-state index contributed by atoms with van der Waals surface area (Å²) in [6.07, 6.45) is 4.21. The van der Waals surface area contributed by atoms with E-state index in [1.807, 2.05) is 43.4 Å². The maximum Gasteiger partial charge on any atom is 0.241 e. The van der Waals surface area contributed by atoms with Gasteiger partial charge in [0.2, 0.25) is 10.0 Å². The highest BCUT2D eigenvalue weighted by atomic mass is 32.2. The third-order valence-electron chi connectivity index (χ3n) is 4.87. The van der Waals surface area contributed by atoms with Gasteiger partial charge in [0.05, 0.1) is 4.90 Å². The first-order chi connectivity index (χ1) is 13.0. The van der Waals surface area contributed by atoms with E-state index in [-0.39, 0.29) is 6.54 Å². The molecule has 0 atom stereocenters. The topological polar surface area (TPSA) is 78.1 Å². The fourth-order valence-electron chi connectivity index (χ4n) is 3.48. The quantitative estimate of drug-likeness (QED) is 0.711. The Bertz CT molecular complexity index is 1050. The minimum absolute atomic E-state index is 0.237. The van der Waals surface area contributed by atoms with Crippen LogP contribution < -0.4 is 4.72 Å². The molecule has 0 saturated carbocycles. The van der Waals surface area contributed by atoms with Gasteiger partial charge in [-0.3, -0.25) is 0 Å². The van der Waals surface area contributed by atoms with Crippen molar-refractivity contribution >= 4 is 10.0 Å². The van der Waals surface area contributed by atoms with Crippen LogP contribution in [0.25, 0.3) is 11.4 Å². The fourth-order valence-corrected chi connectivity index (χ4v) is 4.80. The number of likely N-dealkylation sites (N-methyl/N-ethyl adjacent to an activating group) is 1. The molecule has 0 unspecified atom stereocenters. The molecule has 2 aromatic carbocycles. The summed E-state index contributed by atoms with van der Waals surface area (Å²) in [5, 5.41) is 0. The lowest BCUT2D eigenvalue weighted by atomic mass is 10.0. The molecular weight excluding hydrogens is 360 g/mol. The van der Waals surface area contributed by atoms with E-state index < -0.39 is 10.0 Å².